The molecule has 11 heteroatoms. The van der Waals surface area contributed by atoms with Crippen LogP contribution < -0.4 is 15.2 Å². The predicted molar refractivity (Wildman–Crippen MR) is 165 cm³/mol. The summed E-state index contributed by atoms with van der Waals surface area (Å²) in [7, 11) is -3.50. The Labute approximate surface area is 250 Å². The fourth-order valence-corrected chi connectivity index (χ4v) is 4.92. The summed E-state index contributed by atoms with van der Waals surface area (Å²) in [6.07, 6.45) is 5.59. The first-order valence-electron chi connectivity index (χ1n) is 12.9. The second-order valence-corrected chi connectivity index (χ2v) is 11.7. The number of pyridine rings is 1. The lowest BCUT2D eigenvalue weighted by atomic mass is 9.93. The molecule has 1 atom stereocenters. The summed E-state index contributed by atoms with van der Waals surface area (Å²) in [5.41, 5.74) is 3.99. The van der Waals surface area contributed by atoms with Gasteiger partial charge < -0.3 is 15.2 Å². The van der Waals surface area contributed by atoms with Gasteiger partial charge in [0.05, 0.1) is 11.1 Å². The summed E-state index contributed by atoms with van der Waals surface area (Å²) in [6, 6.07) is 23.9. The van der Waals surface area contributed by atoms with Crippen molar-refractivity contribution in [1.82, 2.24) is 10.3 Å². The molecule has 0 aliphatic rings. The molecule has 4 N–H and O–H groups in total. The molecule has 0 saturated heterocycles. The van der Waals surface area contributed by atoms with Crippen molar-refractivity contribution in [3.63, 3.8) is 0 Å². The van der Waals surface area contributed by atoms with E-state index in [0.29, 0.717) is 30.1 Å². The van der Waals surface area contributed by atoms with Crippen molar-refractivity contribution in [1.29, 1.82) is 0 Å². The standard InChI is InChI=1S/C25H26N2O4S.C6H7NO2S/c1-17-6-3-4-8-20(17)22-14-18(16-31-19-7-5-12-26-15-19)9-10-21(22)24(28)27-23(25(29)30)11-13-32-2;7-10(8,9)6-4-2-1-3-5-6/h3-10,12,14-15,23H,11,13,16H2,1-2H3,(H,27,28)(H,29,30);1-5H,(H2,7,8,9). The molecule has 3 aromatic carbocycles. The lowest BCUT2D eigenvalue weighted by Gasteiger charge is -2.18. The number of aryl methyl sites for hydroxylation is 1. The van der Waals surface area contributed by atoms with Crippen molar-refractivity contribution in [2.24, 2.45) is 5.14 Å². The highest BCUT2D eigenvalue weighted by Crippen LogP contribution is 2.29. The Hall–Kier alpha value is -4.19. The van der Waals surface area contributed by atoms with Crippen LogP contribution >= 0.6 is 11.8 Å². The molecule has 42 heavy (non-hydrogen) atoms. The van der Waals surface area contributed by atoms with E-state index in [9.17, 15) is 23.1 Å². The van der Waals surface area contributed by atoms with Gasteiger partial charge in [0.1, 0.15) is 18.4 Å². The monoisotopic (exact) mass is 607 g/mol. The Morgan fingerprint density at radius 3 is 2.31 bits per heavy atom. The number of sulfonamides is 1. The molecular weight excluding hydrogens is 574 g/mol. The maximum Gasteiger partial charge on any atom is 0.326 e. The summed E-state index contributed by atoms with van der Waals surface area (Å²) >= 11 is 1.54. The van der Waals surface area contributed by atoms with E-state index in [4.69, 9.17) is 9.88 Å². The van der Waals surface area contributed by atoms with Crippen LogP contribution in [0.2, 0.25) is 0 Å². The van der Waals surface area contributed by atoms with Crippen LogP contribution in [0.1, 0.15) is 27.9 Å². The number of aliphatic carboxylic acids is 1. The molecule has 0 saturated carbocycles. The number of hydrogen-bond acceptors (Lipinski definition) is 7. The van der Waals surface area contributed by atoms with Crippen LogP contribution in [-0.2, 0) is 21.4 Å². The molecule has 0 fully saturated rings. The van der Waals surface area contributed by atoms with Crippen molar-refractivity contribution in [3.05, 3.63) is 114 Å². The molecule has 0 radical (unpaired) electrons. The Bertz CT molecular complexity index is 1580. The highest BCUT2D eigenvalue weighted by molar-refractivity contribution is 7.98. The number of nitrogens with one attached hydrogen (secondary N) is 1. The van der Waals surface area contributed by atoms with Crippen molar-refractivity contribution >= 4 is 33.7 Å². The van der Waals surface area contributed by atoms with Gasteiger partial charge >= 0.3 is 5.97 Å². The van der Waals surface area contributed by atoms with Crippen LogP contribution in [0.25, 0.3) is 11.1 Å². The minimum Gasteiger partial charge on any atom is -0.487 e. The van der Waals surface area contributed by atoms with Crippen molar-refractivity contribution in [3.8, 4) is 16.9 Å². The number of amides is 1. The maximum absolute atomic E-state index is 13.1. The number of nitrogens with zero attached hydrogens (tertiary/aromatic N) is 1. The zero-order valence-electron chi connectivity index (χ0n) is 23.3. The Morgan fingerprint density at radius 1 is 1.00 bits per heavy atom. The van der Waals surface area contributed by atoms with E-state index in [2.05, 4.69) is 10.3 Å². The van der Waals surface area contributed by atoms with Crippen LogP contribution in [0.3, 0.4) is 0 Å². The normalized spacial score (nSPS) is 11.5. The van der Waals surface area contributed by atoms with Gasteiger partial charge in [0.15, 0.2) is 0 Å². The van der Waals surface area contributed by atoms with Gasteiger partial charge in [-0.3, -0.25) is 9.78 Å². The second-order valence-electron chi connectivity index (χ2n) is 9.18. The van der Waals surface area contributed by atoms with Gasteiger partial charge in [-0.05, 0) is 84.0 Å². The molecule has 0 aliphatic carbocycles. The third-order valence-corrected chi connectivity index (χ3v) is 7.66. The average molecular weight is 608 g/mol. The summed E-state index contributed by atoms with van der Waals surface area (Å²) in [5.74, 6) is -0.139. The number of carboxylic acids is 1. The molecule has 1 heterocycles. The fourth-order valence-electron chi connectivity index (χ4n) is 3.92. The molecule has 9 nitrogen and oxygen atoms in total. The van der Waals surface area contributed by atoms with E-state index >= 15 is 0 Å². The van der Waals surface area contributed by atoms with Gasteiger partial charge in [-0.15, -0.1) is 0 Å². The number of benzene rings is 3. The van der Waals surface area contributed by atoms with Gasteiger partial charge in [-0.1, -0.05) is 48.5 Å². The maximum atomic E-state index is 13.1. The predicted octanol–water partition coefficient (Wildman–Crippen LogP) is 4.91. The minimum atomic E-state index is -3.50. The first kappa shape index (κ1) is 32.3. The van der Waals surface area contributed by atoms with Gasteiger partial charge in [0.2, 0.25) is 10.0 Å². The van der Waals surface area contributed by atoms with Crippen molar-refractivity contribution < 1.29 is 27.9 Å². The van der Waals surface area contributed by atoms with Crippen LogP contribution in [-0.4, -0.2) is 48.4 Å². The SMILES string of the molecule is CSCCC(NC(=O)c1ccc(COc2cccnc2)cc1-c1ccccc1C)C(=O)O.NS(=O)(=O)c1ccccc1. The molecule has 220 valence electrons. The van der Waals surface area contributed by atoms with Gasteiger partial charge in [0, 0.05) is 11.8 Å². The lowest BCUT2D eigenvalue weighted by Crippen LogP contribution is -2.41. The van der Waals surface area contributed by atoms with Crippen molar-refractivity contribution in [2.45, 2.75) is 30.9 Å². The van der Waals surface area contributed by atoms with Crippen LogP contribution in [0, 0.1) is 6.92 Å². The van der Waals surface area contributed by atoms with E-state index in [-0.39, 0.29) is 4.90 Å². The fraction of sp³-hybridized carbons (Fsp3) is 0.194. The van der Waals surface area contributed by atoms with Crippen molar-refractivity contribution in [2.75, 3.05) is 12.0 Å². The van der Waals surface area contributed by atoms with E-state index in [0.717, 1.165) is 22.3 Å². The number of nitrogens with two attached hydrogens (primary N) is 1. The van der Waals surface area contributed by atoms with Gasteiger partial charge in [-0.2, -0.15) is 11.8 Å². The molecule has 4 rings (SSSR count). The molecule has 4 aromatic rings. The number of aromatic nitrogens is 1. The summed E-state index contributed by atoms with van der Waals surface area (Å²) < 4.78 is 27.0. The summed E-state index contributed by atoms with van der Waals surface area (Å²) in [6.45, 7) is 2.30. The second kappa shape index (κ2) is 15.7. The average Bonchev–Trinajstić information content (AvgIpc) is 2.99. The number of carbonyl (C=O) groups excluding carboxylic acids is 1. The summed E-state index contributed by atoms with van der Waals surface area (Å²) in [5, 5.41) is 17.0. The van der Waals surface area contributed by atoms with Crippen LogP contribution in [0.15, 0.2) is 102 Å². The van der Waals surface area contributed by atoms with Gasteiger partial charge in [-0.25, -0.2) is 18.4 Å². The molecule has 1 unspecified atom stereocenters. The van der Waals surface area contributed by atoms with E-state index in [1.165, 1.54) is 12.1 Å². The lowest BCUT2D eigenvalue weighted by molar-refractivity contribution is -0.139. The largest absolute Gasteiger partial charge is 0.487 e. The quantitative estimate of drug-likeness (QED) is 0.218. The van der Waals surface area contributed by atoms with E-state index < -0.39 is 27.9 Å². The van der Waals surface area contributed by atoms with Crippen LogP contribution in [0.4, 0.5) is 0 Å². The van der Waals surface area contributed by atoms with Gasteiger partial charge in [0.25, 0.3) is 5.91 Å². The number of carbonyl (C=O) groups is 2. The molecule has 1 aromatic heterocycles. The Balaban J connectivity index is 0.000000408. The number of primary sulfonamides is 1. The van der Waals surface area contributed by atoms with E-state index in [1.807, 2.05) is 55.6 Å². The third-order valence-electron chi connectivity index (χ3n) is 6.09. The minimum absolute atomic E-state index is 0.148. The number of rotatable bonds is 11. The zero-order chi connectivity index (χ0) is 30.5. The Morgan fingerprint density at radius 2 is 1.71 bits per heavy atom. The molecule has 0 spiro atoms. The smallest absolute Gasteiger partial charge is 0.326 e. The highest BCUT2D eigenvalue weighted by Gasteiger charge is 2.22. The number of ether oxygens (including phenoxy) is 1. The molecule has 0 aliphatic heterocycles. The van der Waals surface area contributed by atoms with Crippen LogP contribution in [0.5, 0.6) is 5.75 Å². The summed E-state index contributed by atoms with van der Waals surface area (Å²) in [4.78, 5) is 28.9. The topological polar surface area (TPSA) is 149 Å². The first-order chi connectivity index (χ1) is 20.1. The molecule has 0 bridgehead atoms. The Kier molecular flexibility index (Phi) is 12.1. The number of thioether (sulfide) groups is 1. The van der Waals surface area contributed by atoms with E-state index in [1.54, 1.807) is 54.5 Å². The molecule has 1 amide bonds. The number of carboxylic acid groups (broad SMARTS) is 1. The molecular formula is C31H33N3O6S2. The number of hydrogen-bond donors (Lipinski definition) is 3. The first-order valence-corrected chi connectivity index (χ1v) is 15.9. The third kappa shape index (κ3) is 9.72. The highest BCUT2D eigenvalue weighted by atomic mass is 32.2. The zero-order valence-corrected chi connectivity index (χ0v) is 24.9.